The third-order valence-corrected chi connectivity index (χ3v) is 9.67. The van der Waals surface area contributed by atoms with Crippen molar-refractivity contribution in [1.82, 2.24) is 19.9 Å². The topological polar surface area (TPSA) is 109 Å². The van der Waals surface area contributed by atoms with Crippen LogP contribution >= 0.6 is 0 Å². The average molecular weight is 627 g/mol. The number of benzene rings is 4. The van der Waals surface area contributed by atoms with Crippen molar-refractivity contribution in [2.75, 3.05) is 18.4 Å². The van der Waals surface area contributed by atoms with Crippen molar-refractivity contribution in [2.24, 2.45) is 16.8 Å². The Morgan fingerprint density at radius 3 is 2.64 bits per heavy atom. The molecule has 3 N–H and O–H groups in total. The number of fused-ring (bicyclic) bond motifs is 3. The number of imidazole rings is 1. The number of anilines is 1. The number of carbonyl (C=O) groups is 1. The largest absolute Gasteiger partial charge is 0.481 e. The average Bonchev–Trinajstić information content (AvgIpc) is 3.74. The van der Waals surface area contributed by atoms with Crippen molar-refractivity contribution in [3.05, 3.63) is 120 Å². The molecule has 8 rings (SSSR count). The van der Waals surface area contributed by atoms with E-state index in [-0.39, 0.29) is 24.4 Å². The number of rotatable bonds is 11. The summed E-state index contributed by atoms with van der Waals surface area (Å²) in [6.07, 6.45) is 6.96. The van der Waals surface area contributed by atoms with Crippen molar-refractivity contribution < 1.29 is 14.7 Å². The lowest BCUT2D eigenvalue weighted by atomic mass is 9.88. The molecule has 4 heterocycles. The second-order valence-corrected chi connectivity index (χ2v) is 12.8. The van der Waals surface area contributed by atoms with Crippen LogP contribution in [0.3, 0.4) is 0 Å². The third kappa shape index (κ3) is 6.50. The van der Waals surface area contributed by atoms with Gasteiger partial charge in [0.25, 0.3) is 0 Å². The Balaban J connectivity index is 1.04. The summed E-state index contributed by atoms with van der Waals surface area (Å²) < 4.78 is 0. The molecule has 0 amide bonds. The molecule has 2 fully saturated rings. The molecule has 5 aromatic rings. The lowest BCUT2D eigenvalue weighted by Gasteiger charge is -2.37. The fourth-order valence-corrected chi connectivity index (χ4v) is 7.08. The lowest BCUT2D eigenvalue weighted by Crippen LogP contribution is -2.46. The van der Waals surface area contributed by atoms with Gasteiger partial charge in [-0.1, -0.05) is 84.9 Å². The monoisotopic (exact) mass is 626 g/mol. The van der Waals surface area contributed by atoms with Crippen LogP contribution in [0.25, 0.3) is 21.8 Å². The van der Waals surface area contributed by atoms with Gasteiger partial charge in [-0.2, -0.15) is 5.06 Å². The molecule has 6 unspecified atom stereocenters. The van der Waals surface area contributed by atoms with Crippen LogP contribution in [0.1, 0.15) is 24.0 Å². The van der Waals surface area contributed by atoms with Gasteiger partial charge in [0.15, 0.2) is 6.23 Å². The maximum absolute atomic E-state index is 12.6. The minimum atomic E-state index is -0.796. The number of nitrogens with one attached hydrogen (secondary N) is 2. The highest BCUT2D eigenvalue weighted by Crippen LogP contribution is 2.37. The van der Waals surface area contributed by atoms with E-state index in [0.717, 1.165) is 64.8 Å². The minimum absolute atomic E-state index is 0.0729. The molecule has 3 aliphatic heterocycles. The highest BCUT2D eigenvalue weighted by atomic mass is 16.8. The van der Waals surface area contributed by atoms with Crippen LogP contribution in [0.2, 0.25) is 0 Å². The van der Waals surface area contributed by atoms with E-state index in [4.69, 9.17) is 14.8 Å². The zero-order valence-electron chi connectivity index (χ0n) is 26.1. The van der Waals surface area contributed by atoms with Crippen LogP contribution in [0.15, 0.2) is 114 Å². The van der Waals surface area contributed by atoms with E-state index < -0.39 is 11.9 Å². The Morgan fingerprint density at radius 1 is 0.979 bits per heavy atom. The number of hydroxylamine groups is 2. The number of H-pyrrole nitrogens is 1. The predicted molar refractivity (Wildman–Crippen MR) is 184 cm³/mol. The molecule has 238 valence electrons. The number of aromatic amines is 1. The lowest BCUT2D eigenvalue weighted by molar-refractivity contribution is -0.142. The summed E-state index contributed by atoms with van der Waals surface area (Å²) in [6, 6.07) is 33.0. The van der Waals surface area contributed by atoms with Crippen LogP contribution in [0.5, 0.6) is 0 Å². The van der Waals surface area contributed by atoms with Crippen LogP contribution in [-0.4, -0.2) is 68.2 Å². The molecule has 4 aromatic carbocycles. The number of aliphatic imine (C=N–C) groups is 1. The van der Waals surface area contributed by atoms with E-state index in [0.29, 0.717) is 13.0 Å². The summed E-state index contributed by atoms with van der Waals surface area (Å²) in [4.78, 5) is 34.2. The highest BCUT2D eigenvalue weighted by molar-refractivity contribution is 5.98. The number of aliphatic carboxylic acids is 1. The summed E-state index contributed by atoms with van der Waals surface area (Å²) in [5, 5.41) is 18.3. The van der Waals surface area contributed by atoms with Crippen molar-refractivity contribution in [3.8, 4) is 0 Å². The van der Waals surface area contributed by atoms with Crippen molar-refractivity contribution in [3.63, 3.8) is 0 Å². The van der Waals surface area contributed by atoms with Gasteiger partial charge in [0, 0.05) is 43.4 Å². The van der Waals surface area contributed by atoms with E-state index in [2.05, 4.69) is 76.0 Å². The Labute approximate surface area is 273 Å². The van der Waals surface area contributed by atoms with Gasteiger partial charge in [-0.25, -0.2) is 4.98 Å². The number of para-hydroxylation sites is 2. The first-order valence-corrected chi connectivity index (χ1v) is 16.5. The second-order valence-electron chi connectivity index (χ2n) is 12.8. The molecular formula is C38H38N6O3. The molecule has 1 aromatic heterocycles. The zero-order chi connectivity index (χ0) is 31.7. The summed E-state index contributed by atoms with van der Waals surface area (Å²) in [5.41, 5.74) is 5.19. The quantitative estimate of drug-likeness (QED) is 0.149. The molecule has 0 spiro atoms. The third-order valence-electron chi connectivity index (χ3n) is 9.67. The number of hydrogen-bond acceptors (Lipinski definition) is 7. The minimum Gasteiger partial charge on any atom is -0.481 e. The first kappa shape index (κ1) is 29.4. The molecule has 47 heavy (non-hydrogen) atoms. The molecule has 3 aliphatic rings. The van der Waals surface area contributed by atoms with E-state index in [1.54, 1.807) is 0 Å². The number of nitrogens with zero attached hydrogens (tertiary/aromatic N) is 4. The number of carboxylic acids is 1. The number of piperidine rings is 1. The van der Waals surface area contributed by atoms with E-state index in [9.17, 15) is 9.90 Å². The molecule has 2 saturated heterocycles. The van der Waals surface area contributed by atoms with Gasteiger partial charge < -0.3 is 20.3 Å². The van der Waals surface area contributed by atoms with Gasteiger partial charge in [0.2, 0.25) is 5.95 Å². The van der Waals surface area contributed by atoms with Gasteiger partial charge >= 0.3 is 5.97 Å². The summed E-state index contributed by atoms with van der Waals surface area (Å²) >= 11 is 0. The smallest absolute Gasteiger partial charge is 0.308 e. The van der Waals surface area contributed by atoms with Gasteiger partial charge in [0.1, 0.15) is 6.17 Å². The normalized spacial score (nSPS) is 24.1. The second kappa shape index (κ2) is 12.7. The Morgan fingerprint density at radius 2 is 1.79 bits per heavy atom. The van der Waals surface area contributed by atoms with E-state index in [1.165, 1.54) is 5.56 Å². The molecule has 0 aliphatic carbocycles. The fraction of sp³-hybridized carbons (Fsp3) is 0.289. The van der Waals surface area contributed by atoms with E-state index >= 15 is 0 Å². The first-order chi connectivity index (χ1) is 23.1. The molecule has 9 heteroatoms. The number of allylic oxidation sites excluding steroid dienone is 1. The molecule has 0 radical (unpaired) electrons. The number of carboxylic acid groups (broad SMARTS) is 1. The maximum Gasteiger partial charge on any atom is 0.308 e. The molecular weight excluding hydrogens is 588 g/mol. The van der Waals surface area contributed by atoms with Gasteiger partial charge in [0.05, 0.1) is 17.0 Å². The fourth-order valence-electron chi connectivity index (χ4n) is 7.08. The number of hydrogen-bond donors (Lipinski definition) is 3. The first-order valence-electron chi connectivity index (χ1n) is 16.5. The van der Waals surface area contributed by atoms with Crippen LogP contribution in [0.4, 0.5) is 5.95 Å². The van der Waals surface area contributed by atoms with Crippen LogP contribution < -0.4 is 5.32 Å². The van der Waals surface area contributed by atoms with Crippen molar-refractivity contribution in [2.45, 2.75) is 44.1 Å². The molecule has 6 atom stereocenters. The Kier molecular flexibility index (Phi) is 7.92. The van der Waals surface area contributed by atoms with E-state index in [1.807, 2.05) is 53.6 Å². The molecule has 9 nitrogen and oxygen atoms in total. The number of aryl methyl sites for hydroxylation is 1. The Hall–Kier alpha value is -4.99. The highest BCUT2D eigenvalue weighted by Gasteiger charge is 2.48. The Bertz CT molecular complexity index is 1920. The molecule has 0 bridgehead atoms. The van der Waals surface area contributed by atoms with Crippen molar-refractivity contribution >= 4 is 39.4 Å². The standard InChI is InChI=1S/C38H38N6O3/c45-37(46)29(21-26-14-16-27-10-4-5-11-28(27)20-26)23-43-19-18-31(39-35(43)17-15-25-8-2-1-3-9-25)30-24-44-36(47-44)22-34(30)42-38-40-32-12-6-7-13-33(32)41-38/h1-14,16,18-20,29-30,34-36H,15,17,21-24H2,(H,45,46)(H2,40,41,42). The predicted octanol–water partition coefficient (Wildman–Crippen LogP) is 6.26. The van der Waals surface area contributed by atoms with Gasteiger partial charge in [-0.05, 0) is 59.4 Å². The van der Waals surface area contributed by atoms with Crippen LogP contribution in [-0.2, 0) is 22.5 Å². The molecule has 0 saturated carbocycles. The van der Waals surface area contributed by atoms with Crippen LogP contribution in [0, 0.1) is 11.8 Å². The summed E-state index contributed by atoms with van der Waals surface area (Å²) in [7, 11) is 0. The van der Waals surface area contributed by atoms with Gasteiger partial charge in [-0.15, -0.1) is 0 Å². The van der Waals surface area contributed by atoms with Gasteiger partial charge in [-0.3, -0.25) is 14.6 Å². The number of aromatic nitrogens is 2. The summed E-state index contributed by atoms with van der Waals surface area (Å²) in [6.45, 7) is 1.11. The SMILES string of the molecule is O=C(O)C(Cc1ccc2ccccc2c1)CN1C=CC(C2CN3OC3CC2Nc2nc3ccccc3[nH]2)=NC1CCc1ccccc1. The zero-order valence-corrected chi connectivity index (χ0v) is 26.1. The summed E-state index contributed by atoms with van der Waals surface area (Å²) in [5.74, 6) is -0.556. The van der Waals surface area contributed by atoms with Crippen molar-refractivity contribution in [1.29, 1.82) is 0 Å². The maximum atomic E-state index is 12.6.